The Kier molecular flexibility index (Phi) is 8.79. The highest BCUT2D eigenvalue weighted by Gasteiger charge is 2.35. The van der Waals surface area contributed by atoms with Crippen LogP contribution < -0.4 is 5.32 Å². The van der Waals surface area contributed by atoms with Crippen LogP contribution in [0, 0.1) is 12.8 Å². The van der Waals surface area contributed by atoms with Crippen molar-refractivity contribution >= 4 is 23.6 Å². The molecule has 1 N–H and O–H groups in total. The number of benzene rings is 2. The average molecular weight is 478 g/mol. The first kappa shape index (κ1) is 26.1. The Morgan fingerprint density at radius 1 is 0.971 bits per heavy atom. The van der Waals surface area contributed by atoms with E-state index in [2.05, 4.69) is 5.32 Å². The Balaban J connectivity index is 1.69. The number of rotatable bonds is 11. The van der Waals surface area contributed by atoms with Gasteiger partial charge >= 0.3 is 0 Å². The highest BCUT2D eigenvalue weighted by atomic mass is 16.2. The van der Waals surface area contributed by atoms with Gasteiger partial charge in [-0.3, -0.25) is 24.1 Å². The van der Waals surface area contributed by atoms with Crippen molar-refractivity contribution in [2.75, 3.05) is 13.1 Å². The Hall–Kier alpha value is -3.48. The molecule has 186 valence electrons. The Morgan fingerprint density at radius 2 is 1.57 bits per heavy atom. The number of nitrogens with zero attached hydrogens (tertiary/aromatic N) is 2. The third kappa shape index (κ3) is 6.35. The number of fused-ring (bicyclic) bond motifs is 1. The molecule has 4 amide bonds. The van der Waals surface area contributed by atoms with Crippen LogP contribution in [0.4, 0.5) is 0 Å². The molecule has 2 aromatic carbocycles. The van der Waals surface area contributed by atoms with E-state index in [0.717, 1.165) is 11.1 Å². The molecule has 0 saturated carbocycles. The number of carbonyl (C=O) groups excluding carboxylic acids is 4. The van der Waals surface area contributed by atoms with Gasteiger partial charge in [0.1, 0.15) is 6.04 Å². The van der Waals surface area contributed by atoms with Gasteiger partial charge in [0, 0.05) is 26.1 Å². The number of imide groups is 1. The smallest absolute Gasteiger partial charge is 0.261 e. The lowest BCUT2D eigenvalue weighted by Crippen LogP contribution is -2.49. The van der Waals surface area contributed by atoms with Gasteiger partial charge < -0.3 is 10.2 Å². The number of carbonyl (C=O) groups is 4. The van der Waals surface area contributed by atoms with Gasteiger partial charge in [-0.2, -0.15) is 0 Å². The van der Waals surface area contributed by atoms with Gasteiger partial charge in [0.15, 0.2) is 0 Å². The summed E-state index contributed by atoms with van der Waals surface area (Å²) in [4.78, 5) is 54.4. The van der Waals surface area contributed by atoms with E-state index in [-0.39, 0.29) is 36.6 Å². The van der Waals surface area contributed by atoms with Gasteiger partial charge in [-0.15, -0.1) is 0 Å². The minimum atomic E-state index is -0.596. The highest BCUT2D eigenvalue weighted by molar-refractivity contribution is 6.21. The van der Waals surface area contributed by atoms with Crippen LogP contribution in [-0.4, -0.2) is 52.6 Å². The summed E-state index contributed by atoms with van der Waals surface area (Å²) in [6.45, 7) is 8.97. The zero-order valence-electron chi connectivity index (χ0n) is 21.0. The molecule has 2 aromatic rings. The fourth-order valence-electron chi connectivity index (χ4n) is 4.21. The number of hydrogen-bond acceptors (Lipinski definition) is 4. The summed E-state index contributed by atoms with van der Waals surface area (Å²) in [5.74, 6) is -0.684. The monoisotopic (exact) mass is 477 g/mol. The van der Waals surface area contributed by atoms with Crippen LogP contribution >= 0.6 is 0 Å². The zero-order valence-corrected chi connectivity index (χ0v) is 21.0. The molecule has 1 atom stereocenters. The normalized spacial score (nSPS) is 13.7. The van der Waals surface area contributed by atoms with Gasteiger partial charge in [0.25, 0.3) is 11.8 Å². The third-order valence-electron chi connectivity index (χ3n) is 6.19. The summed E-state index contributed by atoms with van der Waals surface area (Å²) in [6, 6.07) is 14.1. The summed E-state index contributed by atoms with van der Waals surface area (Å²) in [6.07, 6.45) is 0.950. The SMILES string of the molecule is CCC(C(=O)NCC(C)C)N(Cc1ccc(C)cc1)C(=O)CCCN1C(=O)c2ccccc2C1=O. The van der Waals surface area contributed by atoms with Crippen molar-refractivity contribution in [1.82, 2.24) is 15.1 Å². The lowest BCUT2D eigenvalue weighted by molar-refractivity contribution is -0.141. The molecule has 35 heavy (non-hydrogen) atoms. The Labute approximate surface area is 207 Å². The van der Waals surface area contributed by atoms with E-state index in [1.165, 1.54) is 4.90 Å². The molecule has 1 heterocycles. The first-order chi connectivity index (χ1) is 16.7. The van der Waals surface area contributed by atoms with Gasteiger partial charge in [-0.05, 0) is 43.4 Å². The molecule has 3 rings (SSSR count). The van der Waals surface area contributed by atoms with Gasteiger partial charge in [0.05, 0.1) is 11.1 Å². The molecule has 0 saturated heterocycles. The van der Waals surface area contributed by atoms with E-state index < -0.39 is 6.04 Å². The zero-order chi connectivity index (χ0) is 25.5. The van der Waals surface area contributed by atoms with E-state index in [9.17, 15) is 19.2 Å². The summed E-state index contributed by atoms with van der Waals surface area (Å²) >= 11 is 0. The minimum absolute atomic E-state index is 0.132. The van der Waals surface area contributed by atoms with Gasteiger partial charge in [-0.25, -0.2) is 0 Å². The van der Waals surface area contributed by atoms with Gasteiger partial charge in [0.2, 0.25) is 11.8 Å². The molecule has 1 aliphatic rings. The Bertz CT molecular complexity index is 1040. The highest BCUT2D eigenvalue weighted by Crippen LogP contribution is 2.23. The lowest BCUT2D eigenvalue weighted by atomic mass is 10.1. The molecule has 0 radical (unpaired) electrons. The molecular formula is C28H35N3O4. The summed E-state index contributed by atoms with van der Waals surface area (Å²) in [5, 5.41) is 2.96. The fraction of sp³-hybridized carbons (Fsp3) is 0.429. The molecule has 7 heteroatoms. The number of amides is 4. The molecule has 0 spiro atoms. The van der Waals surface area contributed by atoms with E-state index in [0.29, 0.717) is 43.0 Å². The van der Waals surface area contributed by atoms with Crippen LogP contribution in [0.25, 0.3) is 0 Å². The van der Waals surface area contributed by atoms with Crippen molar-refractivity contribution in [3.05, 3.63) is 70.8 Å². The minimum Gasteiger partial charge on any atom is -0.354 e. The van der Waals surface area contributed by atoms with Crippen LogP contribution in [0.1, 0.15) is 71.9 Å². The van der Waals surface area contributed by atoms with Gasteiger partial charge in [-0.1, -0.05) is 62.7 Å². The number of hydrogen-bond donors (Lipinski definition) is 1. The topological polar surface area (TPSA) is 86.8 Å². The molecule has 1 aliphatic heterocycles. The van der Waals surface area contributed by atoms with E-state index >= 15 is 0 Å². The fourth-order valence-corrected chi connectivity index (χ4v) is 4.21. The predicted molar refractivity (Wildman–Crippen MR) is 135 cm³/mol. The summed E-state index contributed by atoms with van der Waals surface area (Å²) in [5.41, 5.74) is 2.86. The standard InChI is InChI=1S/C28H35N3O4/c1-5-24(26(33)29-17-19(2)3)31(18-21-14-12-20(4)13-15-21)25(32)11-8-16-30-27(34)22-9-6-7-10-23(22)28(30)35/h6-7,9-10,12-15,19,24H,5,8,11,16-18H2,1-4H3,(H,29,33). The molecule has 0 aliphatic carbocycles. The second-order valence-electron chi connectivity index (χ2n) is 9.48. The number of aryl methyl sites for hydroxylation is 1. The first-order valence-corrected chi connectivity index (χ1v) is 12.3. The van der Waals surface area contributed by atoms with Crippen LogP contribution in [0.5, 0.6) is 0 Å². The van der Waals surface area contributed by atoms with Crippen molar-refractivity contribution in [3.8, 4) is 0 Å². The lowest BCUT2D eigenvalue weighted by Gasteiger charge is -2.31. The first-order valence-electron chi connectivity index (χ1n) is 12.3. The maximum Gasteiger partial charge on any atom is 0.261 e. The molecule has 7 nitrogen and oxygen atoms in total. The maximum atomic E-state index is 13.4. The van der Waals surface area contributed by atoms with E-state index in [1.807, 2.05) is 52.0 Å². The largest absolute Gasteiger partial charge is 0.354 e. The third-order valence-corrected chi connectivity index (χ3v) is 6.19. The molecular weight excluding hydrogens is 442 g/mol. The molecule has 0 bridgehead atoms. The second kappa shape index (κ2) is 11.8. The van der Waals surface area contributed by atoms with Crippen LogP contribution in [0.15, 0.2) is 48.5 Å². The second-order valence-corrected chi connectivity index (χ2v) is 9.48. The molecule has 0 fully saturated rings. The average Bonchev–Trinajstić information content (AvgIpc) is 3.08. The quantitative estimate of drug-likeness (QED) is 0.497. The van der Waals surface area contributed by atoms with Crippen molar-refractivity contribution in [2.24, 2.45) is 5.92 Å². The van der Waals surface area contributed by atoms with Crippen molar-refractivity contribution < 1.29 is 19.2 Å². The van der Waals surface area contributed by atoms with Crippen molar-refractivity contribution in [1.29, 1.82) is 0 Å². The summed E-state index contributed by atoms with van der Waals surface area (Å²) in [7, 11) is 0. The maximum absolute atomic E-state index is 13.4. The van der Waals surface area contributed by atoms with Crippen LogP contribution in [0.3, 0.4) is 0 Å². The molecule has 0 aromatic heterocycles. The molecule has 1 unspecified atom stereocenters. The van der Waals surface area contributed by atoms with Crippen LogP contribution in [0.2, 0.25) is 0 Å². The Morgan fingerprint density at radius 3 is 2.11 bits per heavy atom. The van der Waals surface area contributed by atoms with E-state index in [4.69, 9.17) is 0 Å². The number of nitrogens with one attached hydrogen (secondary N) is 1. The van der Waals surface area contributed by atoms with Crippen molar-refractivity contribution in [3.63, 3.8) is 0 Å². The van der Waals surface area contributed by atoms with E-state index in [1.54, 1.807) is 29.2 Å². The predicted octanol–water partition coefficient (Wildman–Crippen LogP) is 3.95. The van der Waals surface area contributed by atoms with Crippen LogP contribution in [-0.2, 0) is 16.1 Å². The van der Waals surface area contributed by atoms with Crippen molar-refractivity contribution in [2.45, 2.75) is 59.5 Å². The summed E-state index contributed by atoms with van der Waals surface area (Å²) < 4.78 is 0.